The van der Waals surface area contributed by atoms with Crippen molar-refractivity contribution in [3.63, 3.8) is 0 Å². The van der Waals surface area contributed by atoms with Crippen LogP contribution in [0, 0.1) is 0 Å². The van der Waals surface area contributed by atoms with E-state index in [1.807, 2.05) is 0 Å². The van der Waals surface area contributed by atoms with E-state index in [1.54, 1.807) is 0 Å². The van der Waals surface area contributed by atoms with Crippen LogP contribution in [0.1, 0.15) is 102 Å². The van der Waals surface area contributed by atoms with Gasteiger partial charge in [0.05, 0.1) is 11.4 Å². The molecule has 0 saturated heterocycles. The number of amides is 5. The zero-order chi connectivity index (χ0) is 39.1. The number of hydrogen-bond acceptors (Lipinski definition) is 13. The van der Waals surface area contributed by atoms with Crippen molar-refractivity contribution in [2.75, 3.05) is 50.3 Å². The highest BCUT2D eigenvalue weighted by Crippen LogP contribution is 2.12. The minimum absolute atomic E-state index is 0.00409. The summed E-state index contributed by atoms with van der Waals surface area (Å²) in [7, 11) is -4.16. The third kappa shape index (κ3) is 20.2. The SMILES string of the molecule is CC(=O)N(O)CCCCCNC(=O)CCC(=O)N(O)CCCCCNC(=O)CCC(=O)N(O)CCCCCNc1c(CCCS(=O)(=O)O)c(=O)c1=O. The Hall–Kier alpha value is -3.98. The zero-order valence-electron chi connectivity index (χ0n) is 29.8. The molecule has 0 heterocycles. The van der Waals surface area contributed by atoms with Gasteiger partial charge in [0.25, 0.3) is 10.1 Å². The summed E-state index contributed by atoms with van der Waals surface area (Å²) in [6, 6.07) is 0. The Morgan fingerprint density at radius 2 is 1.04 bits per heavy atom. The fraction of sp³-hybridized carbons (Fsp3) is 0.719. The van der Waals surface area contributed by atoms with Crippen LogP contribution in [0.2, 0.25) is 0 Å². The number of carbonyl (C=O) groups excluding carboxylic acids is 5. The van der Waals surface area contributed by atoms with E-state index in [-0.39, 0.29) is 81.2 Å². The Morgan fingerprint density at radius 3 is 1.48 bits per heavy atom. The number of nitrogens with zero attached hydrogens (tertiary/aromatic N) is 3. The van der Waals surface area contributed by atoms with Crippen LogP contribution in [0.15, 0.2) is 9.59 Å². The summed E-state index contributed by atoms with van der Waals surface area (Å²) >= 11 is 0. The Morgan fingerprint density at radius 1 is 0.596 bits per heavy atom. The Bertz CT molecular complexity index is 1480. The number of nitrogens with one attached hydrogen (secondary N) is 3. The minimum Gasteiger partial charge on any atom is -0.381 e. The van der Waals surface area contributed by atoms with Gasteiger partial charge < -0.3 is 16.0 Å². The van der Waals surface area contributed by atoms with E-state index >= 15 is 0 Å². The van der Waals surface area contributed by atoms with Gasteiger partial charge in [-0.05, 0) is 70.6 Å². The first kappa shape index (κ1) is 46.0. The molecule has 0 fully saturated rings. The highest BCUT2D eigenvalue weighted by molar-refractivity contribution is 7.85. The van der Waals surface area contributed by atoms with Crippen LogP contribution in [0.25, 0.3) is 0 Å². The smallest absolute Gasteiger partial charge is 0.264 e. The number of unbranched alkanes of at least 4 members (excludes halogenated alkanes) is 6. The molecular formula is C32H54N6O13S. The molecule has 1 rings (SSSR count). The van der Waals surface area contributed by atoms with Gasteiger partial charge >= 0.3 is 0 Å². The average Bonchev–Trinajstić information content (AvgIpc) is 3.09. The molecule has 7 N–H and O–H groups in total. The second-order valence-corrected chi connectivity index (χ2v) is 14.0. The molecule has 0 bridgehead atoms. The maximum absolute atomic E-state index is 12.1. The Kier molecular flexibility index (Phi) is 22.2. The topological polar surface area (TPSA) is 280 Å². The van der Waals surface area contributed by atoms with Gasteiger partial charge in [0, 0.05) is 77.4 Å². The molecule has 296 valence electrons. The van der Waals surface area contributed by atoms with Crippen LogP contribution in [0.5, 0.6) is 0 Å². The Labute approximate surface area is 303 Å². The minimum atomic E-state index is -4.16. The van der Waals surface area contributed by atoms with Crippen LogP contribution in [0.4, 0.5) is 5.69 Å². The molecule has 0 aromatic heterocycles. The summed E-state index contributed by atoms with van der Waals surface area (Å²) in [5.74, 6) is -2.85. The predicted octanol–water partition coefficient (Wildman–Crippen LogP) is 0.492. The maximum atomic E-state index is 12.1. The number of carbonyl (C=O) groups is 5. The zero-order valence-corrected chi connectivity index (χ0v) is 30.6. The van der Waals surface area contributed by atoms with Crippen molar-refractivity contribution in [2.45, 2.75) is 103 Å². The molecule has 52 heavy (non-hydrogen) atoms. The van der Waals surface area contributed by atoms with E-state index in [2.05, 4.69) is 16.0 Å². The molecule has 1 aromatic carbocycles. The first-order valence-electron chi connectivity index (χ1n) is 17.5. The lowest BCUT2D eigenvalue weighted by Gasteiger charge is -2.16. The lowest BCUT2D eigenvalue weighted by Crippen LogP contribution is -2.39. The highest BCUT2D eigenvalue weighted by atomic mass is 32.2. The molecule has 0 radical (unpaired) electrons. The molecule has 20 heteroatoms. The van der Waals surface area contributed by atoms with Gasteiger partial charge in [-0.2, -0.15) is 8.42 Å². The molecule has 0 aliphatic carbocycles. The quantitative estimate of drug-likeness (QED) is 0.0192. The van der Waals surface area contributed by atoms with Crippen LogP contribution in [-0.2, 0) is 40.5 Å². The molecule has 5 amide bonds. The Balaban J connectivity index is 2.06. The largest absolute Gasteiger partial charge is 0.381 e. The van der Waals surface area contributed by atoms with Crippen molar-refractivity contribution in [2.24, 2.45) is 0 Å². The predicted molar refractivity (Wildman–Crippen MR) is 187 cm³/mol. The van der Waals surface area contributed by atoms with Crippen LogP contribution in [-0.4, -0.2) is 118 Å². The first-order valence-corrected chi connectivity index (χ1v) is 19.1. The van der Waals surface area contributed by atoms with E-state index < -0.39 is 44.5 Å². The third-order valence-corrected chi connectivity index (χ3v) is 8.80. The molecule has 0 spiro atoms. The van der Waals surface area contributed by atoms with Crippen molar-refractivity contribution in [3.8, 4) is 0 Å². The lowest BCUT2D eigenvalue weighted by atomic mass is 10.0. The molecule has 0 aliphatic rings. The summed E-state index contributed by atoms with van der Waals surface area (Å²) in [4.78, 5) is 82.6. The van der Waals surface area contributed by atoms with Crippen LogP contribution >= 0.6 is 0 Å². The van der Waals surface area contributed by atoms with E-state index in [0.717, 1.165) is 0 Å². The van der Waals surface area contributed by atoms with Crippen molar-refractivity contribution in [3.05, 3.63) is 26.0 Å². The van der Waals surface area contributed by atoms with Crippen molar-refractivity contribution >= 4 is 45.3 Å². The van der Waals surface area contributed by atoms with Crippen LogP contribution < -0.4 is 26.8 Å². The average molecular weight is 763 g/mol. The lowest BCUT2D eigenvalue weighted by molar-refractivity contribution is -0.166. The normalized spacial score (nSPS) is 11.2. The van der Waals surface area contributed by atoms with Gasteiger partial charge in [0.15, 0.2) is 0 Å². The first-order chi connectivity index (χ1) is 24.5. The van der Waals surface area contributed by atoms with Gasteiger partial charge in [-0.3, -0.25) is 53.7 Å². The van der Waals surface area contributed by atoms with Gasteiger partial charge in [-0.25, -0.2) is 15.2 Å². The molecular weight excluding hydrogens is 708 g/mol. The van der Waals surface area contributed by atoms with Crippen molar-refractivity contribution < 1.29 is 52.6 Å². The molecule has 19 nitrogen and oxygen atoms in total. The molecule has 0 aliphatic heterocycles. The summed E-state index contributed by atoms with van der Waals surface area (Å²) in [6.07, 6.45) is 4.62. The van der Waals surface area contributed by atoms with Gasteiger partial charge in [-0.15, -0.1) is 0 Å². The second kappa shape index (κ2) is 25.1. The summed E-state index contributed by atoms with van der Waals surface area (Å²) in [5.41, 5.74) is -1.01. The number of hydroxylamine groups is 6. The number of anilines is 1. The highest BCUT2D eigenvalue weighted by Gasteiger charge is 2.21. The van der Waals surface area contributed by atoms with E-state index in [4.69, 9.17) is 4.55 Å². The van der Waals surface area contributed by atoms with Crippen LogP contribution in [0.3, 0.4) is 0 Å². The van der Waals surface area contributed by atoms with Gasteiger partial charge in [0.2, 0.25) is 40.4 Å². The summed E-state index contributed by atoms with van der Waals surface area (Å²) < 4.78 is 30.4. The molecule has 0 atom stereocenters. The van der Waals surface area contributed by atoms with E-state index in [0.29, 0.717) is 92.6 Å². The standard InChI is InChI=1S/C32H54N6O13S/c1-24(39)36(46)20-8-2-5-17-33-26(40)13-15-28(42)37(47)21-9-3-6-18-34-27(41)14-16-29(43)38(48)22-10-4-7-19-35-30-25(31(44)32(30)45)12-11-23-52(49,50)51/h35,46-48H,2-23H2,1H3,(H,33,40)(H,34,41)(H,49,50,51). The fourth-order valence-corrected chi connectivity index (χ4v) is 5.45. The summed E-state index contributed by atoms with van der Waals surface area (Å²) in [5, 5.41) is 39.1. The molecule has 1 aromatic rings. The van der Waals surface area contributed by atoms with Gasteiger partial charge in [0.1, 0.15) is 0 Å². The van der Waals surface area contributed by atoms with Crippen molar-refractivity contribution in [1.82, 2.24) is 25.8 Å². The number of hydrogen-bond donors (Lipinski definition) is 7. The van der Waals surface area contributed by atoms with E-state index in [9.17, 15) is 57.6 Å². The summed E-state index contributed by atoms with van der Waals surface area (Å²) in [6.45, 7) is 2.63. The van der Waals surface area contributed by atoms with Gasteiger partial charge in [-0.1, -0.05) is 0 Å². The molecule has 0 saturated carbocycles. The van der Waals surface area contributed by atoms with E-state index in [1.165, 1.54) is 6.92 Å². The molecule has 0 unspecified atom stereocenters. The number of rotatable bonds is 29. The monoisotopic (exact) mass is 762 g/mol. The second-order valence-electron chi connectivity index (χ2n) is 12.4. The maximum Gasteiger partial charge on any atom is 0.264 e. The fourth-order valence-electron chi connectivity index (χ4n) is 4.94. The third-order valence-electron chi connectivity index (χ3n) is 8.00. The van der Waals surface area contributed by atoms with Crippen molar-refractivity contribution in [1.29, 1.82) is 0 Å².